The van der Waals surface area contributed by atoms with Crippen LogP contribution in [0.4, 0.5) is 55.3 Å². The number of carbonyl (C=O) groups is 2. The third-order valence-corrected chi connectivity index (χ3v) is 9.75. The van der Waals surface area contributed by atoms with Crippen molar-refractivity contribution in [2.45, 2.75) is 50.6 Å². The first kappa shape index (κ1) is 49.7. The third-order valence-electron chi connectivity index (χ3n) is 9.75. The van der Waals surface area contributed by atoms with Crippen LogP contribution in [0.5, 0.6) is 11.5 Å². The van der Waals surface area contributed by atoms with Gasteiger partial charge in [0.2, 0.25) is 0 Å². The molecule has 354 valence electrons. The van der Waals surface area contributed by atoms with Crippen molar-refractivity contribution in [3.8, 4) is 22.6 Å². The Kier molecular flexibility index (Phi) is 15.2. The molecule has 0 spiro atoms. The van der Waals surface area contributed by atoms with Gasteiger partial charge in [-0.05, 0) is 129 Å². The predicted octanol–water partition coefficient (Wildman–Crippen LogP) is 12.5. The molecule has 0 bridgehead atoms. The summed E-state index contributed by atoms with van der Waals surface area (Å²) in [5.41, 5.74) is 14.1. The quantitative estimate of drug-likeness (QED) is 0.0401. The van der Waals surface area contributed by atoms with Gasteiger partial charge in [-0.25, -0.2) is 9.59 Å². The minimum atomic E-state index is -4.49. The van der Waals surface area contributed by atoms with Gasteiger partial charge in [-0.3, -0.25) is 0 Å². The molecule has 0 aromatic heterocycles. The Morgan fingerprint density at radius 3 is 1.12 bits per heavy atom. The monoisotopic (exact) mass is 952 g/mol. The number of halogens is 10. The molecular formula is C50H38F10N2O6. The minimum absolute atomic E-state index is 0.183. The molecule has 0 unspecified atom stereocenters. The van der Waals surface area contributed by atoms with Crippen LogP contribution in [0.2, 0.25) is 0 Å². The van der Waals surface area contributed by atoms with Gasteiger partial charge in [0.25, 0.3) is 0 Å². The van der Waals surface area contributed by atoms with Crippen LogP contribution in [-0.2, 0) is 57.3 Å². The van der Waals surface area contributed by atoms with E-state index in [1.807, 2.05) is 0 Å². The summed E-state index contributed by atoms with van der Waals surface area (Å²) in [6, 6.07) is 27.4. The summed E-state index contributed by atoms with van der Waals surface area (Å²) in [4.78, 5) is 25.6. The van der Waals surface area contributed by atoms with Crippen molar-refractivity contribution < 1.29 is 72.4 Å². The summed E-state index contributed by atoms with van der Waals surface area (Å²) < 4.78 is 155. The maximum Gasteiger partial charge on any atom is 0.426 e. The summed E-state index contributed by atoms with van der Waals surface area (Å²) >= 11 is 0. The maximum absolute atomic E-state index is 14.8. The van der Waals surface area contributed by atoms with Gasteiger partial charge in [-0.1, -0.05) is 60.7 Å². The molecule has 0 aliphatic heterocycles. The largest absolute Gasteiger partial charge is 0.458 e. The number of benzene rings is 6. The highest BCUT2D eigenvalue weighted by Crippen LogP contribution is 2.35. The van der Waals surface area contributed by atoms with E-state index < -0.39 is 60.5 Å². The van der Waals surface area contributed by atoms with E-state index in [1.165, 1.54) is 60.7 Å². The maximum atomic E-state index is 14.8. The molecule has 0 radical (unpaired) electrons. The standard InChI is InChI=1S/C50H38F10N2O6/c51-47(52,53)27-33-1-11-37(12-2-33)49(57,58)67-41-17-5-31(6-18-41)9-23-45(63)65-29-35-25-39(61)15-21-43(35)44-22-16-40(62)26-36(44)30-66-46(64)24-10-32-7-19-42(20-8-32)68-50(59,60)38-13-3-34(4-14-38)28-48(54,55)56/h1-26H,27-30,61-62H2/b23-9+,24-10+. The molecule has 0 fully saturated rings. The van der Waals surface area contributed by atoms with Crippen molar-refractivity contribution in [3.05, 3.63) is 190 Å². The van der Waals surface area contributed by atoms with Crippen LogP contribution in [0.1, 0.15) is 44.5 Å². The molecule has 0 heterocycles. The van der Waals surface area contributed by atoms with Gasteiger partial charge in [0.15, 0.2) is 0 Å². The number of nitrogen functional groups attached to an aromatic ring is 2. The second kappa shape index (κ2) is 20.8. The molecular weight excluding hydrogens is 915 g/mol. The van der Waals surface area contributed by atoms with Gasteiger partial charge >= 0.3 is 36.5 Å². The Bertz CT molecular complexity index is 2560. The average Bonchev–Trinajstić information content (AvgIpc) is 3.26. The average molecular weight is 953 g/mol. The molecule has 6 aromatic rings. The lowest BCUT2D eigenvalue weighted by molar-refractivity contribution is -0.186. The lowest BCUT2D eigenvalue weighted by Crippen LogP contribution is -2.22. The molecule has 0 amide bonds. The number of carbonyl (C=O) groups excluding carboxylic acids is 2. The van der Waals surface area contributed by atoms with E-state index >= 15 is 0 Å². The fraction of sp³-hybridized carbons (Fsp3) is 0.160. The van der Waals surface area contributed by atoms with Crippen molar-refractivity contribution in [1.82, 2.24) is 0 Å². The van der Waals surface area contributed by atoms with Crippen LogP contribution in [-0.4, -0.2) is 24.3 Å². The van der Waals surface area contributed by atoms with E-state index in [-0.39, 0.29) is 35.8 Å². The van der Waals surface area contributed by atoms with Crippen LogP contribution in [0.25, 0.3) is 23.3 Å². The third kappa shape index (κ3) is 14.6. The molecule has 0 aliphatic carbocycles. The zero-order chi connectivity index (χ0) is 49.3. The van der Waals surface area contributed by atoms with Gasteiger partial charge in [0.05, 0.1) is 24.0 Å². The van der Waals surface area contributed by atoms with E-state index in [0.29, 0.717) is 44.8 Å². The first-order chi connectivity index (χ1) is 32.0. The Hall–Kier alpha value is -7.76. The number of hydrogen-bond acceptors (Lipinski definition) is 8. The van der Waals surface area contributed by atoms with Gasteiger partial charge in [0, 0.05) is 23.5 Å². The first-order valence-corrected chi connectivity index (χ1v) is 20.1. The topological polar surface area (TPSA) is 123 Å². The molecule has 18 heteroatoms. The molecule has 0 atom stereocenters. The summed E-state index contributed by atoms with van der Waals surface area (Å²) in [7, 11) is 0. The van der Waals surface area contributed by atoms with Crippen LogP contribution >= 0.6 is 0 Å². The van der Waals surface area contributed by atoms with E-state index in [0.717, 1.165) is 60.7 Å². The lowest BCUT2D eigenvalue weighted by atomic mass is 9.95. The lowest BCUT2D eigenvalue weighted by Gasteiger charge is -2.19. The number of nitrogens with two attached hydrogens (primary N) is 2. The molecule has 68 heavy (non-hydrogen) atoms. The summed E-state index contributed by atoms with van der Waals surface area (Å²) in [5.74, 6) is -2.04. The second-order valence-electron chi connectivity index (χ2n) is 15.1. The highest BCUT2D eigenvalue weighted by Gasteiger charge is 2.36. The zero-order valence-corrected chi connectivity index (χ0v) is 35.2. The number of rotatable bonds is 17. The Balaban J connectivity index is 1.03. The Morgan fingerprint density at radius 1 is 0.456 bits per heavy atom. The fourth-order valence-electron chi connectivity index (χ4n) is 6.52. The van der Waals surface area contributed by atoms with Crippen molar-refractivity contribution in [3.63, 3.8) is 0 Å². The number of hydrogen-bond donors (Lipinski definition) is 2. The zero-order valence-electron chi connectivity index (χ0n) is 35.2. The smallest absolute Gasteiger partial charge is 0.426 e. The highest BCUT2D eigenvalue weighted by atomic mass is 19.4. The molecule has 0 aliphatic rings. The van der Waals surface area contributed by atoms with Gasteiger partial charge in [0.1, 0.15) is 24.7 Å². The Morgan fingerprint density at radius 2 is 0.794 bits per heavy atom. The molecule has 4 N–H and O–H groups in total. The molecule has 0 saturated carbocycles. The fourth-order valence-corrected chi connectivity index (χ4v) is 6.52. The van der Waals surface area contributed by atoms with E-state index in [4.69, 9.17) is 30.4 Å². The summed E-state index contributed by atoms with van der Waals surface area (Å²) in [6.45, 7) is -0.510. The molecule has 8 nitrogen and oxygen atoms in total. The van der Waals surface area contributed by atoms with E-state index in [2.05, 4.69) is 0 Å². The predicted molar refractivity (Wildman–Crippen MR) is 233 cm³/mol. The number of alkyl halides is 10. The van der Waals surface area contributed by atoms with Crippen molar-refractivity contribution in [1.29, 1.82) is 0 Å². The van der Waals surface area contributed by atoms with Crippen molar-refractivity contribution in [2.24, 2.45) is 0 Å². The first-order valence-electron chi connectivity index (χ1n) is 20.1. The Labute approximate surface area is 382 Å². The summed E-state index contributed by atoms with van der Waals surface area (Å²) in [6.07, 6.45) is -14.3. The second-order valence-corrected chi connectivity index (χ2v) is 15.1. The van der Waals surface area contributed by atoms with Gasteiger partial charge in [-0.2, -0.15) is 43.9 Å². The van der Waals surface area contributed by atoms with Crippen LogP contribution in [0.15, 0.2) is 146 Å². The number of esters is 2. The van der Waals surface area contributed by atoms with E-state index in [1.54, 1.807) is 36.4 Å². The minimum Gasteiger partial charge on any atom is -0.458 e. The SMILES string of the molecule is Nc1ccc(-c2ccc(N)cc2COC(=O)/C=C/c2ccc(OC(F)(F)c3ccc(CC(F)(F)F)cc3)cc2)c(COC(=O)/C=C/c2ccc(OC(F)(F)c3ccc(CC(F)(F)F)cc3)cc2)c1. The number of ether oxygens (including phenoxy) is 4. The van der Waals surface area contributed by atoms with Crippen LogP contribution < -0.4 is 20.9 Å². The van der Waals surface area contributed by atoms with Gasteiger partial charge in [-0.15, -0.1) is 0 Å². The normalized spacial score (nSPS) is 12.3. The van der Waals surface area contributed by atoms with Crippen molar-refractivity contribution in [2.75, 3.05) is 11.5 Å². The molecule has 6 rings (SSSR count). The van der Waals surface area contributed by atoms with Gasteiger partial charge < -0.3 is 30.4 Å². The summed E-state index contributed by atoms with van der Waals surface area (Å²) in [5, 5.41) is 0. The van der Waals surface area contributed by atoms with Crippen LogP contribution in [0, 0.1) is 0 Å². The molecule has 0 saturated heterocycles. The molecule has 6 aromatic carbocycles. The van der Waals surface area contributed by atoms with Crippen LogP contribution in [0.3, 0.4) is 0 Å². The van der Waals surface area contributed by atoms with Crippen molar-refractivity contribution >= 4 is 35.5 Å². The number of anilines is 2. The van der Waals surface area contributed by atoms with E-state index in [9.17, 15) is 53.5 Å². The highest BCUT2D eigenvalue weighted by molar-refractivity contribution is 5.88.